The van der Waals surface area contributed by atoms with Crippen LogP contribution in [-0.2, 0) is 19.8 Å². The van der Waals surface area contributed by atoms with E-state index in [0.29, 0.717) is 0 Å². The van der Waals surface area contributed by atoms with Gasteiger partial charge in [0.1, 0.15) is 23.9 Å². The van der Waals surface area contributed by atoms with Crippen LogP contribution in [0.25, 0.3) is 0 Å². The highest BCUT2D eigenvalue weighted by molar-refractivity contribution is 5.47. The molecule has 1 aliphatic rings. The fourth-order valence-corrected chi connectivity index (χ4v) is 4.56. The molecule has 0 unspecified atom stereocenters. The molecular formula is C28H32O5. The van der Waals surface area contributed by atoms with Gasteiger partial charge in [0.05, 0.1) is 12.7 Å². The van der Waals surface area contributed by atoms with Crippen molar-refractivity contribution in [2.24, 2.45) is 0 Å². The minimum Gasteiger partial charge on any atom is -0.391 e. The molecule has 0 aromatic heterocycles. The summed E-state index contributed by atoms with van der Waals surface area (Å²) in [7, 11) is 0. The number of hydrogen-bond acceptors (Lipinski definition) is 5. The largest absolute Gasteiger partial charge is 0.391 e. The van der Waals surface area contributed by atoms with Crippen LogP contribution in [-0.4, -0.2) is 47.0 Å². The first-order valence-electron chi connectivity index (χ1n) is 11.4. The van der Waals surface area contributed by atoms with Gasteiger partial charge in [0, 0.05) is 0 Å². The molecule has 33 heavy (non-hydrogen) atoms. The first-order valence-corrected chi connectivity index (χ1v) is 11.4. The Balaban J connectivity index is 1.73. The zero-order valence-electron chi connectivity index (χ0n) is 19.3. The van der Waals surface area contributed by atoms with Crippen LogP contribution in [0.5, 0.6) is 0 Å². The summed E-state index contributed by atoms with van der Waals surface area (Å²) in [6.45, 7) is 5.17. The van der Waals surface area contributed by atoms with Crippen molar-refractivity contribution in [1.82, 2.24) is 0 Å². The third kappa shape index (κ3) is 4.88. The van der Waals surface area contributed by atoms with Crippen molar-refractivity contribution in [3.05, 3.63) is 108 Å². The van der Waals surface area contributed by atoms with Crippen molar-refractivity contribution in [2.75, 3.05) is 6.61 Å². The second-order valence-electron chi connectivity index (χ2n) is 8.96. The van der Waals surface area contributed by atoms with Crippen LogP contribution in [0.1, 0.15) is 37.5 Å². The molecule has 3 aromatic rings. The van der Waals surface area contributed by atoms with E-state index in [1.807, 2.05) is 91.0 Å². The zero-order valence-corrected chi connectivity index (χ0v) is 19.3. The van der Waals surface area contributed by atoms with Gasteiger partial charge in [0.15, 0.2) is 5.79 Å². The minimum absolute atomic E-state index is 0.0218. The van der Waals surface area contributed by atoms with Gasteiger partial charge in [-0.1, -0.05) is 91.0 Å². The van der Waals surface area contributed by atoms with Gasteiger partial charge < -0.3 is 24.4 Å². The van der Waals surface area contributed by atoms with E-state index in [1.165, 1.54) is 0 Å². The summed E-state index contributed by atoms with van der Waals surface area (Å²) in [4.78, 5) is 0. The van der Waals surface area contributed by atoms with Gasteiger partial charge in [-0.15, -0.1) is 0 Å². The normalized spacial score (nSPS) is 22.1. The Kier molecular flexibility index (Phi) is 6.98. The molecular weight excluding hydrogens is 416 g/mol. The van der Waals surface area contributed by atoms with Crippen molar-refractivity contribution in [3.63, 3.8) is 0 Å². The average Bonchev–Trinajstić information content (AvgIpc) is 3.17. The van der Waals surface area contributed by atoms with Crippen LogP contribution in [0, 0.1) is 0 Å². The van der Waals surface area contributed by atoms with E-state index < -0.39 is 35.8 Å². The van der Waals surface area contributed by atoms with E-state index in [1.54, 1.807) is 20.8 Å². The maximum atomic E-state index is 11.2. The molecule has 0 spiro atoms. The van der Waals surface area contributed by atoms with Gasteiger partial charge in [0.25, 0.3) is 0 Å². The lowest BCUT2D eigenvalue weighted by molar-refractivity contribution is -0.164. The van der Waals surface area contributed by atoms with E-state index in [9.17, 15) is 10.2 Å². The molecule has 5 nitrogen and oxygen atoms in total. The lowest BCUT2D eigenvalue weighted by Gasteiger charge is -2.37. The van der Waals surface area contributed by atoms with Crippen molar-refractivity contribution in [3.8, 4) is 0 Å². The van der Waals surface area contributed by atoms with Crippen LogP contribution in [0.3, 0.4) is 0 Å². The molecule has 0 radical (unpaired) electrons. The second kappa shape index (κ2) is 9.75. The van der Waals surface area contributed by atoms with E-state index in [4.69, 9.17) is 14.2 Å². The maximum absolute atomic E-state index is 11.2. The smallest absolute Gasteiger partial charge is 0.164 e. The molecule has 2 N–H and O–H groups in total. The average molecular weight is 449 g/mol. The zero-order chi connectivity index (χ0) is 23.5. The highest BCUT2D eigenvalue weighted by Crippen LogP contribution is 2.41. The SMILES string of the molecule is C[C@@H](O)[C@@H]1OC(C)(C)O[C@@H]1[C@H](O)COC(c1ccccc1)(c1ccccc1)c1ccccc1. The topological polar surface area (TPSA) is 68.2 Å². The number of ether oxygens (including phenoxy) is 3. The van der Waals surface area contributed by atoms with Gasteiger partial charge in [0.2, 0.25) is 0 Å². The Morgan fingerprint density at radius 3 is 1.55 bits per heavy atom. The molecule has 0 amide bonds. The molecule has 1 heterocycles. The van der Waals surface area contributed by atoms with Gasteiger partial charge in [-0.2, -0.15) is 0 Å². The molecule has 0 aliphatic carbocycles. The Morgan fingerprint density at radius 2 is 1.15 bits per heavy atom. The Bertz CT molecular complexity index is 908. The van der Waals surface area contributed by atoms with E-state index in [0.717, 1.165) is 16.7 Å². The molecule has 4 rings (SSSR count). The molecule has 5 heteroatoms. The van der Waals surface area contributed by atoms with Crippen LogP contribution in [0.15, 0.2) is 91.0 Å². The third-order valence-electron chi connectivity index (χ3n) is 6.03. The lowest BCUT2D eigenvalue weighted by Crippen LogP contribution is -2.45. The monoisotopic (exact) mass is 448 g/mol. The number of benzene rings is 3. The van der Waals surface area contributed by atoms with Crippen molar-refractivity contribution in [1.29, 1.82) is 0 Å². The second-order valence-corrected chi connectivity index (χ2v) is 8.96. The van der Waals surface area contributed by atoms with Crippen molar-refractivity contribution >= 4 is 0 Å². The Morgan fingerprint density at radius 1 is 0.758 bits per heavy atom. The quantitative estimate of drug-likeness (QED) is 0.504. The summed E-state index contributed by atoms with van der Waals surface area (Å²) in [6, 6.07) is 30.0. The molecule has 3 aromatic carbocycles. The Labute approximate surface area is 195 Å². The molecule has 174 valence electrons. The fraction of sp³-hybridized carbons (Fsp3) is 0.357. The van der Waals surface area contributed by atoms with Gasteiger partial charge in [-0.25, -0.2) is 0 Å². The molecule has 1 aliphatic heterocycles. The standard InChI is InChI=1S/C28H32O5/c1-20(29)25-26(33-27(2,3)32-25)24(30)19-31-28(21-13-7-4-8-14-21,22-15-9-5-10-16-22)23-17-11-6-12-18-23/h4-18,20,24-26,29-30H,19H2,1-3H3/t20-,24-,25+,26-/m1/s1. The number of aliphatic hydroxyl groups is 2. The molecule has 4 atom stereocenters. The first kappa shape index (κ1) is 23.6. The Hall–Kier alpha value is -2.54. The van der Waals surface area contributed by atoms with Gasteiger partial charge in [-0.05, 0) is 37.5 Å². The highest BCUT2D eigenvalue weighted by atomic mass is 16.8. The minimum atomic E-state index is -1.01. The summed E-state index contributed by atoms with van der Waals surface area (Å²) in [5.74, 6) is -0.900. The molecule has 1 fully saturated rings. The number of rotatable bonds is 8. The third-order valence-corrected chi connectivity index (χ3v) is 6.03. The summed E-state index contributed by atoms with van der Waals surface area (Å²) in [5.41, 5.74) is 1.90. The highest BCUT2D eigenvalue weighted by Gasteiger charge is 2.48. The van der Waals surface area contributed by atoms with Crippen molar-refractivity contribution < 1.29 is 24.4 Å². The predicted molar refractivity (Wildman–Crippen MR) is 127 cm³/mol. The molecule has 0 saturated carbocycles. The van der Waals surface area contributed by atoms with Crippen LogP contribution in [0.4, 0.5) is 0 Å². The number of aliphatic hydroxyl groups excluding tert-OH is 2. The van der Waals surface area contributed by atoms with Gasteiger partial charge >= 0.3 is 0 Å². The summed E-state index contributed by atoms with van der Waals surface area (Å²) < 4.78 is 18.5. The van der Waals surface area contributed by atoms with Crippen LogP contribution < -0.4 is 0 Å². The summed E-state index contributed by atoms with van der Waals surface area (Å²) in [6.07, 6.45) is -3.19. The fourth-order valence-electron chi connectivity index (χ4n) is 4.56. The number of hydrogen-bond donors (Lipinski definition) is 2. The molecule has 0 bridgehead atoms. The lowest BCUT2D eigenvalue weighted by atomic mass is 9.80. The first-order chi connectivity index (χ1) is 15.8. The van der Waals surface area contributed by atoms with Crippen LogP contribution >= 0.6 is 0 Å². The van der Waals surface area contributed by atoms with Crippen molar-refractivity contribution in [2.45, 2.75) is 56.6 Å². The van der Waals surface area contributed by atoms with E-state index in [2.05, 4.69) is 0 Å². The molecule has 1 saturated heterocycles. The van der Waals surface area contributed by atoms with E-state index >= 15 is 0 Å². The maximum Gasteiger partial charge on any atom is 0.164 e. The van der Waals surface area contributed by atoms with E-state index in [-0.39, 0.29) is 6.61 Å². The predicted octanol–water partition coefficient (Wildman–Crippen LogP) is 4.26. The summed E-state index contributed by atoms with van der Waals surface area (Å²) in [5, 5.41) is 21.4. The summed E-state index contributed by atoms with van der Waals surface area (Å²) >= 11 is 0. The van der Waals surface area contributed by atoms with Crippen LogP contribution in [0.2, 0.25) is 0 Å². The van der Waals surface area contributed by atoms with Gasteiger partial charge in [-0.3, -0.25) is 0 Å².